The molecule has 172 valence electrons. The second-order valence-corrected chi connectivity index (χ2v) is 8.31. The Morgan fingerprint density at radius 3 is 2.26 bits per heavy atom. The number of rotatable bonds is 8. The van der Waals surface area contributed by atoms with E-state index in [0.717, 1.165) is 11.3 Å². The molecule has 10 heteroatoms. The molecule has 0 saturated heterocycles. The van der Waals surface area contributed by atoms with Gasteiger partial charge in [-0.3, -0.25) is 4.79 Å². The first-order valence-corrected chi connectivity index (χ1v) is 11.1. The monoisotopic (exact) mass is 515 g/mol. The van der Waals surface area contributed by atoms with E-state index in [2.05, 4.69) is 10.3 Å². The van der Waals surface area contributed by atoms with Gasteiger partial charge in [0.1, 0.15) is 5.75 Å². The predicted octanol–water partition coefficient (Wildman–Crippen LogP) is 5.70. The summed E-state index contributed by atoms with van der Waals surface area (Å²) in [7, 11) is 0. The number of benzene rings is 3. The van der Waals surface area contributed by atoms with Gasteiger partial charge in [-0.15, -0.1) is 5.10 Å². The third-order valence-corrected chi connectivity index (χ3v) is 5.51. The fourth-order valence-corrected chi connectivity index (χ4v) is 3.62. The molecule has 0 unspecified atom stereocenters. The van der Waals surface area contributed by atoms with Crippen LogP contribution in [0.25, 0.3) is 16.9 Å². The van der Waals surface area contributed by atoms with E-state index in [9.17, 15) is 9.59 Å². The highest BCUT2D eigenvalue weighted by Gasteiger charge is 2.13. The number of hydrogen-bond donors (Lipinski definition) is 0. The Bertz CT molecular complexity index is 1320. The molecule has 34 heavy (non-hydrogen) atoms. The van der Waals surface area contributed by atoms with E-state index in [1.54, 1.807) is 53.3 Å². The number of halogens is 3. The maximum absolute atomic E-state index is 12.4. The third-order valence-electron chi connectivity index (χ3n) is 4.73. The van der Waals surface area contributed by atoms with E-state index in [1.807, 2.05) is 12.1 Å². The lowest BCUT2D eigenvalue weighted by Gasteiger charge is -2.09. The summed E-state index contributed by atoms with van der Waals surface area (Å²) in [6.45, 7) is -0.817. The van der Waals surface area contributed by atoms with Gasteiger partial charge >= 0.3 is 5.97 Å². The molecule has 0 aliphatic heterocycles. The number of hydrogen-bond acceptors (Lipinski definition) is 6. The summed E-state index contributed by atoms with van der Waals surface area (Å²) in [4.78, 5) is 24.4. The Kier molecular flexibility index (Phi) is 7.47. The second-order valence-electron chi connectivity index (χ2n) is 7.03. The lowest BCUT2D eigenvalue weighted by atomic mass is 10.1. The zero-order valence-corrected chi connectivity index (χ0v) is 19.7. The van der Waals surface area contributed by atoms with Crippen molar-refractivity contribution in [2.75, 3.05) is 13.2 Å². The summed E-state index contributed by atoms with van der Waals surface area (Å²) in [6, 6.07) is 18.6. The molecule has 1 aromatic heterocycles. The summed E-state index contributed by atoms with van der Waals surface area (Å²) >= 11 is 17.8. The minimum Gasteiger partial charge on any atom is -0.480 e. The van der Waals surface area contributed by atoms with E-state index >= 15 is 0 Å². The Morgan fingerprint density at radius 2 is 1.56 bits per heavy atom. The molecule has 4 aromatic rings. The number of Topliss-reactive ketones (excluding diaryl/α,β-unsaturated/α-hetero) is 1. The SMILES string of the molecule is O=C(COc1ccc(Cl)cc1Cl)OCC(=O)c1ccc(-n2nncc2-c2ccc(Cl)cc2)cc1. The minimum atomic E-state index is -0.703. The van der Waals surface area contributed by atoms with Crippen molar-refractivity contribution in [1.82, 2.24) is 15.0 Å². The molecule has 0 bridgehead atoms. The summed E-state index contributed by atoms with van der Waals surface area (Å²) in [5.74, 6) is -0.775. The van der Waals surface area contributed by atoms with Crippen LogP contribution in [0.3, 0.4) is 0 Å². The third kappa shape index (κ3) is 5.75. The van der Waals surface area contributed by atoms with Crippen LogP contribution in [0, 0.1) is 0 Å². The van der Waals surface area contributed by atoms with Crippen LogP contribution in [0.2, 0.25) is 15.1 Å². The van der Waals surface area contributed by atoms with Gasteiger partial charge in [-0.25, -0.2) is 9.48 Å². The highest BCUT2D eigenvalue weighted by atomic mass is 35.5. The van der Waals surface area contributed by atoms with Crippen molar-refractivity contribution in [2.45, 2.75) is 0 Å². The Morgan fingerprint density at radius 1 is 0.853 bits per heavy atom. The molecule has 0 N–H and O–H groups in total. The molecule has 0 aliphatic rings. The molecule has 0 aliphatic carbocycles. The maximum Gasteiger partial charge on any atom is 0.344 e. The molecule has 3 aromatic carbocycles. The first-order chi connectivity index (χ1) is 16.4. The number of carbonyl (C=O) groups excluding carboxylic acids is 2. The van der Waals surface area contributed by atoms with Crippen LogP contribution in [0.15, 0.2) is 72.9 Å². The average molecular weight is 517 g/mol. The van der Waals surface area contributed by atoms with Gasteiger partial charge in [0.15, 0.2) is 19.0 Å². The summed E-state index contributed by atoms with van der Waals surface area (Å²) < 4.78 is 12.0. The lowest BCUT2D eigenvalue weighted by molar-refractivity contribution is -0.144. The van der Waals surface area contributed by atoms with E-state index in [-0.39, 0.29) is 16.6 Å². The quantitative estimate of drug-likeness (QED) is 0.221. The summed E-state index contributed by atoms with van der Waals surface area (Å²) in [5, 5.41) is 9.45. The van der Waals surface area contributed by atoms with Gasteiger partial charge in [0.05, 0.1) is 22.6 Å². The number of aromatic nitrogens is 3. The van der Waals surface area contributed by atoms with Crippen LogP contribution in [-0.4, -0.2) is 40.0 Å². The highest BCUT2D eigenvalue weighted by Crippen LogP contribution is 2.27. The van der Waals surface area contributed by atoms with Crippen LogP contribution in [0.5, 0.6) is 5.75 Å². The zero-order valence-electron chi connectivity index (χ0n) is 17.5. The van der Waals surface area contributed by atoms with Crippen molar-refractivity contribution < 1.29 is 19.1 Å². The molecular formula is C24H16Cl3N3O4. The van der Waals surface area contributed by atoms with Crippen molar-refractivity contribution in [3.05, 3.63) is 93.6 Å². The van der Waals surface area contributed by atoms with Crippen molar-refractivity contribution in [2.24, 2.45) is 0 Å². The maximum atomic E-state index is 12.4. The van der Waals surface area contributed by atoms with Crippen molar-refractivity contribution in [3.8, 4) is 22.7 Å². The molecule has 0 spiro atoms. The fourth-order valence-electron chi connectivity index (χ4n) is 3.03. The average Bonchev–Trinajstić information content (AvgIpc) is 3.32. The standard InChI is InChI=1S/C24H16Cl3N3O4/c25-17-5-1-15(2-6-17)21-12-28-29-30(21)19-8-3-16(4-9-19)22(31)13-34-24(32)14-33-23-10-7-18(26)11-20(23)27/h1-12H,13-14H2. The number of nitrogens with zero attached hydrogens (tertiary/aromatic N) is 3. The fraction of sp³-hybridized carbons (Fsp3) is 0.0833. The molecule has 0 amide bonds. The van der Waals surface area contributed by atoms with Gasteiger partial charge in [0.25, 0.3) is 0 Å². The molecular weight excluding hydrogens is 501 g/mol. The lowest BCUT2D eigenvalue weighted by Crippen LogP contribution is -2.19. The number of ketones is 1. The van der Waals surface area contributed by atoms with Gasteiger partial charge in [0, 0.05) is 21.2 Å². The van der Waals surface area contributed by atoms with Crippen molar-refractivity contribution in [3.63, 3.8) is 0 Å². The zero-order chi connectivity index (χ0) is 24.1. The van der Waals surface area contributed by atoms with Gasteiger partial charge in [0.2, 0.25) is 0 Å². The largest absolute Gasteiger partial charge is 0.480 e. The highest BCUT2D eigenvalue weighted by molar-refractivity contribution is 6.35. The molecule has 0 radical (unpaired) electrons. The number of esters is 1. The van der Waals surface area contributed by atoms with E-state index in [0.29, 0.717) is 21.3 Å². The Hall–Kier alpha value is -3.39. The van der Waals surface area contributed by atoms with Crippen LogP contribution in [0.4, 0.5) is 0 Å². The van der Waals surface area contributed by atoms with Crippen LogP contribution < -0.4 is 4.74 Å². The van der Waals surface area contributed by atoms with E-state index in [1.165, 1.54) is 12.1 Å². The van der Waals surface area contributed by atoms with Gasteiger partial charge in [-0.05, 0) is 54.6 Å². The number of carbonyl (C=O) groups is 2. The van der Waals surface area contributed by atoms with Crippen LogP contribution >= 0.6 is 34.8 Å². The minimum absolute atomic E-state index is 0.267. The molecule has 1 heterocycles. The van der Waals surface area contributed by atoms with Crippen LogP contribution in [0.1, 0.15) is 10.4 Å². The van der Waals surface area contributed by atoms with Crippen molar-refractivity contribution >= 4 is 46.6 Å². The predicted molar refractivity (Wildman–Crippen MR) is 129 cm³/mol. The van der Waals surface area contributed by atoms with Gasteiger partial charge in [-0.2, -0.15) is 0 Å². The molecule has 0 saturated carbocycles. The van der Waals surface area contributed by atoms with Gasteiger partial charge in [-0.1, -0.05) is 52.1 Å². The summed E-state index contributed by atoms with van der Waals surface area (Å²) in [5.41, 5.74) is 2.75. The second kappa shape index (κ2) is 10.7. The first kappa shape index (κ1) is 23.8. The van der Waals surface area contributed by atoms with E-state index in [4.69, 9.17) is 44.3 Å². The number of ether oxygens (including phenoxy) is 2. The Balaban J connectivity index is 1.34. The first-order valence-electron chi connectivity index (χ1n) is 9.94. The smallest absolute Gasteiger partial charge is 0.344 e. The van der Waals surface area contributed by atoms with E-state index < -0.39 is 19.2 Å². The Labute approximate surface area is 209 Å². The molecule has 0 fully saturated rings. The van der Waals surface area contributed by atoms with Crippen LogP contribution in [-0.2, 0) is 9.53 Å². The molecule has 7 nitrogen and oxygen atoms in total. The summed E-state index contributed by atoms with van der Waals surface area (Å²) in [6.07, 6.45) is 1.64. The van der Waals surface area contributed by atoms with Gasteiger partial charge < -0.3 is 9.47 Å². The normalized spacial score (nSPS) is 10.7. The molecule has 4 rings (SSSR count). The molecule has 0 atom stereocenters. The van der Waals surface area contributed by atoms with Crippen molar-refractivity contribution in [1.29, 1.82) is 0 Å². The topological polar surface area (TPSA) is 83.3 Å².